The van der Waals surface area contributed by atoms with Crippen LogP contribution >= 0.6 is 11.6 Å². The fourth-order valence-electron chi connectivity index (χ4n) is 2.50. The normalized spacial score (nSPS) is 11.4. The van der Waals surface area contributed by atoms with Gasteiger partial charge in [0.15, 0.2) is 5.82 Å². The molecule has 3 rings (SSSR count). The topological polar surface area (TPSA) is 101 Å². The molecule has 0 aliphatic carbocycles. The van der Waals surface area contributed by atoms with Crippen LogP contribution in [0.15, 0.2) is 18.5 Å². The van der Waals surface area contributed by atoms with Crippen LogP contribution in [0.25, 0.3) is 16.7 Å². The first kappa shape index (κ1) is 19.4. The molecule has 10 heteroatoms. The van der Waals surface area contributed by atoms with E-state index in [1.54, 1.807) is 6.33 Å². The first-order valence-corrected chi connectivity index (χ1v) is 9.85. The zero-order chi connectivity index (χ0) is 18.8. The van der Waals surface area contributed by atoms with E-state index in [2.05, 4.69) is 28.9 Å². The predicted molar refractivity (Wildman–Crippen MR) is 99.1 cm³/mol. The van der Waals surface area contributed by atoms with E-state index in [0.29, 0.717) is 11.3 Å². The van der Waals surface area contributed by atoms with Gasteiger partial charge < -0.3 is 4.90 Å². The number of hydrogen-bond acceptors (Lipinski definition) is 6. The summed E-state index contributed by atoms with van der Waals surface area (Å²) in [5.74, 6) is 0.866. The van der Waals surface area contributed by atoms with Gasteiger partial charge in [-0.25, -0.2) is 4.98 Å². The third-order valence-electron chi connectivity index (χ3n) is 3.53. The summed E-state index contributed by atoms with van der Waals surface area (Å²) in [5, 5.41) is 8.93. The molecule has 25 heavy (non-hydrogen) atoms. The van der Waals surface area contributed by atoms with E-state index in [-0.39, 0.29) is 0 Å². The Morgan fingerprint density at radius 2 is 1.88 bits per heavy atom. The maximum absolute atomic E-state index is 9.19. The van der Waals surface area contributed by atoms with Crippen molar-refractivity contribution in [1.29, 1.82) is 0 Å². The van der Waals surface area contributed by atoms with Crippen LogP contribution in [0.2, 0.25) is 5.02 Å². The second-order valence-electron chi connectivity index (χ2n) is 5.46. The van der Waals surface area contributed by atoms with Crippen molar-refractivity contribution in [3.05, 3.63) is 29.0 Å². The molecule has 2 aromatic heterocycles. The van der Waals surface area contributed by atoms with Crippen molar-refractivity contribution < 1.29 is 13.0 Å². The van der Waals surface area contributed by atoms with E-state index < -0.39 is 10.1 Å². The number of aryl methyl sites for hydroxylation is 1. The fraction of sp³-hybridized carbons (Fsp3) is 0.400. The molecule has 0 radical (unpaired) electrons. The molecule has 0 saturated heterocycles. The molecule has 2 heterocycles. The minimum absolute atomic E-state index is 0.697. The average molecular weight is 386 g/mol. The second-order valence-corrected chi connectivity index (χ2v) is 7.36. The smallest absolute Gasteiger partial charge is 0.261 e. The van der Waals surface area contributed by atoms with E-state index >= 15 is 0 Å². The van der Waals surface area contributed by atoms with Crippen LogP contribution in [0.5, 0.6) is 0 Å². The Kier molecular flexibility index (Phi) is 5.81. The highest BCUT2D eigenvalue weighted by atomic mass is 35.5. The fourth-order valence-corrected chi connectivity index (χ4v) is 2.77. The van der Waals surface area contributed by atoms with Crippen molar-refractivity contribution in [2.45, 2.75) is 20.8 Å². The Bertz CT molecular complexity index is 991. The van der Waals surface area contributed by atoms with Crippen LogP contribution < -0.4 is 4.90 Å². The van der Waals surface area contributed by atoms with Crippen molar-refractivity contribution in [3.63, 3.8) is 0 Å². The van der Waals surface area contributed by atoms with E-state index in [1.165, 1.54) is 0 Å². The summed E-state index contributed by atoms with van der Waals surface area (Å²) in [5.41, 5.74) is 3.69. The van der Waals surface area contributed by atoms with Crippen molar-refractivity contribution in [3.8, 4) is 0 Å². The summed E-state index contributed by atoms with van der Waals surface area (Å²) in [6, 6.07) is 3.83. The van der Waals surface area contributed by atoms with Gasteiger partial charge >= 0.3 is 0 Å². The lowest BCUT2D eigenvalue weighted by atomic mass is 10.2. The van der Waals surface area contributed by atoms with Crippen molar-refractivity contribution in [1.82, 2.24) is 19.6 Å². The van der Waals surface area contributed by atoms with Crippen LogP contribution in [0, 0.1) is 6.92 Å². The molecule has 3 aromatic rings. The van der Waals surface area contributed by atoms with Gasteiger partial charge in [-0.2, -0.15) is 8.42 Å². The number of benzene rings is 1. The van der Waals surface area contributed by atoms with Crippen molar-refractivity contribution >= 4 is 44.2 Å². The molecule has 8 nitrogen and oxygen atoms in total. The molecule has 0 amide bonds. The monoisotopic (exact) mass is 385 g/mol. The Morgan fingerprint density at radius 3 is 2.44 bits per heavy atom. The molecule has 0 fully saturated rings. The maximum atomic E-state index is 9.19. The minimum atomic E-state index is -3.67. The summed E-state index contributed by atoms with van der Waals surface area (Å²) in [7, 11) is -3.67. The molecule has 1 N–H and O–H groups in total. The summed E-state index contributed by atoms with van der Waals surface area (Å²) in [6.45, 7) is 7.99. The van der Waals surface area contributed by atoms with Gasteiger partial charge in [-0.1, -0.05) is 11.6 Å². The highest BCUT2D eigenvalue weighted by Crippen LogP contribution is 2.27. The largest absolute Gasteiger partial charge is 0.354 e. The van der Waals surface area contributed by atoms with Gasteiger partial charge in [0.25, 0.3) is 10.1 Å². The van der Waals surface area contributed by atoms with Gasteiger partial charge in [0.05, 0.1) is 17.3 Å². The summed E-state index contributed by atoms with van der Waals surface area (Å²) >= 11 is 6.16. The van der Waals surface area contributed by atoms with Crippen LogP contribution in [-0.4, -0.2) is 51.9 Å². The molecule has 0 aliphatic heterocycles. The molecule has 0 spiro atoms. The number of aromatic nitrogens is 4. The molecule has 0 bridgehead atoms. The Morgan fingerprint density at radius 1 is 1.28 bits per heavy atom. The summed E-state index contributed by atoms with van der Waals surface area (Å²) in [6.07, 6.45) is 2.43. The van der Waals surface area contributed by atoms with Crippen molar-refractivity contribution in [2.24, 2.45) is 0 Å². The number of fused-ring (bicyclic) bond motifs is 3. The van der Waals surface area contributed by atoms with Gasteiger partial charge in [-0.15, -0.1) is 10.2 Å². The number of halogens is 1. The second kappa shape index (κ2) is 7.51. The number of hydrogen-bond donors (Lipinski definition) is 1. The summed E-state index contributed by atoms with van der Waals surface area (Å²) < 4.78 is 27.8. The standard InChI is InChI=1S/C14H16ClN5.CH4O3S/c1-4-19(5-2)13-14-18-16-8-20(14)11-7-10(15)6-9(3)12(11)17-13;1-5(2,3)4/h6-8H,4-5H2,1-3H3;1H3,(H,2,3,4). The van der Waals surface area contributed by atoms with E-state index in [4.69, 9.17) is 21.1 Å². The molecule has 0 unspecified atom stereocenters. The first-order valence-electron chi connectivity index (χ1n) is 7.62. The number of nitrogens with zero attached hydrogens (tertiary/aromatic N) is 5. The maximum Gasteiger partial charge on any atom is 0.261 e. The van der Waals surface area contributed by atoms with Gasteiger partial charge in [0.1, 0.15) is 6.33 Å². The van der Waals surface area contributed by atoms with E-state index in [9.17, 15) is 8.42 Å². The van der Waals surface area contributed by atoms with Crippen LogP contribution in [0.3, 0.4) is 0 Å². The molecule has 0 aliphatic rings. The van der Waals surface area contributed by atoms with Gasteiger partial charge in [-0.05, 0) is 38.5 Å². The van der Waals surface area contributed by atoms with E-state index in [1.807, 2.05) is 23.5 Å². The lowest BCUT2D eigenvalue weighted by Gasteiger charge is -2.21. The molecular weight excluding hydrogens is 366 g/mol. The van der Waals surface area contributed by atoms with E-state index in [0.717, 1.165) is 41.2 Å². The van der Waals surface area contributed by atoms with Crippen molar-refractivity contribution in [2.75, 3.05) is 24.2 Å². The molecule has 1 aromatic carbocycles. The molecular formula is C15H20ClN5O3S. The van der Waals surface area contributed by atoms with Gasteiger partial charge in [0.2, 0.25) is 5.65 Å². The third kappa shape index (κ3) is 4.56. The van der Waals surface area contributed by atoms with Gasteiger partial charge in [-0.3, -0.25) is 8.95 Å². The Hall–Kier alpha value is -1.97. The highest BCUT2D eigenvalue weighted by molar-refractivity contribution is 7.85. The van der Waals surface area contributed by atoms with Crippen LogP contribution in [0.1, 0.15) is 19.4 Å². The average Bonchev–Trinajstić information content (AvgIpc) is 2.97. The number of rotatable bonds is 3. The third-order valence-corrected chi connectivity index (χ3v) is 3.75. The molecule has 0 atom stereocenters. The number of anilines is 1. The van der Waals surface area contributed by atoms with Crippen LogP contribution in [-0.2, 0) is 10.1 Å². The first-order chi connectivity index (χ1) is 11.7. The predicted octanol–water partition coefficient (Wildman–Crippen LogP) is 2.59. The zero-order valence-electron chi connectivity index (χ0n) is 14.4. The lowest BCUT2D eigenvalue weighted by molar-refractivity contribution is 0.490. The molecule has 0 saturated carbocycles. The minimum Gasteiger partial charge on any atom is -0.354 e. The highest BCUT2D eigenvalue weighted by Gasteiger charge is 2.16. The molecule has 136 valence electrons. The van der Waals surface area contributed by atoms with Crippen LogP contribution in [0.4, 0.5) is 5.82 Å². The van der Waals surface area contributed by atoms with Gasteiger partial charge in [0, 0.05) is 18.1 Å². The zero-order valence-corrected chi connectivity index (χ0v) is 16.0. The quantitative estimate of drug-likeness (QED) is 0.691. The SMILES string of the molecule is CCN(CC)c1nc2c(C)cc(Cl)cc2n2cnnc12.CS(=O)(=O)O. The lowest BCUT2D eigenvalue weighted by Crippen LogP contribution is -2.24. The Balaban J connectivity index is 0.000000399. The Labute approximate surface area is 151 Å². The summed E-state index contributed by atoms with van der Waals surface area (Å²) in [4.78, 5) is 6.98.